The molecule has 0 aliphatic rings. The number of halogens is 1. The number of para-hydroxylation sites is 1. The average molecular weight is 323 g/mol. The molecule has 0 radical (unpaired) electrons. The first-order valence-corrected chi connectivity index (χ1v) is 7.02. The molecule has 1 aromatic carbocycles. The van der Waals surface area contributed by atoms with Crippen molar-refractivity contribution in [2.75, 3.05) is 27.3 Å². The maximum absolute atomic E-state index is 13.4. The number of hydrogen-bond donors (Lipinski definition) is 0. The van der Waals surface area contributed by atoms with Gasteiger partial charge in [-0.15, -0.1) is 0 Å². The van der Waals surface area contributed by atoms with E-state index >= 15 is 0 Å². The first-order chi connectivity index (χ1) is 11.1. The van der Waals surface area contributed by atoms with Crippen LogP contribution in [-0.2, 0) is 22.6 Å². The van der Waals surface area contributed by atoms with Crippen LogP contribution in [0, 0.1) is 5.82 Å². The summed E-state index contributed by atoms with van der Waals surface area (Å²) in [6.45, 7) is 0.451. The molecule has 0 unspecified atom stereocenters. The zero-order valence-corrected chi connectivity index (χ0v) is 13.0. The van der Waals surface area contributed by atoms with Gasteiger partial charge in [0.1, 0.15) is 6.61 Å². The van der Waals surface area contributed by atoms with Gasteiger partial charge in [0.05, 0.1) is 0 Å². The van der Waals surface area contributed by atoms with E-state index in [2.05, 4.69) is 10.1 Å². The second-order valence-corrected chi connectivity index (χ2v) is 4.82. The van der Waals surface area contributed by atoms with Crippen LogP contribution in [0.5, 0.6) is 5.75 Å². The number of carbonyl (C=O) groups is 1. The predicted molar refractivity (Wildman–Crippen MR) is 78.2 cm³/mol. The summed E-state index contributed by atoms with van der Waals surface area (Å²) in [5.41, 5.74) is 0. The Labute approximate surface area is 133 Å². The van der Waals surface area contributed by atoms with Crippen molar-refractivity contribution >= 4 is 5.91 Å². The van der Waals surface area contributed by atoms with Crippen molar-refractivity contribution < 1.29 is 23.2 Å². The highest BCUT2D eigenvalue weighted by Crippen LogP contribution is 2.16. The minimum Gasteiger partial charge on any atom is -0.481 e. The molecule has 23 heavy (non-hydrogen) atoms. The van der Waals surface area contributed by atoms with E-state index in [1.165, 1.54) is 24.1 Å². The highest BCUT2D eigenvalue weighted by atomic mass is 19.1. The maximum atomic E-state index is 13.4. The van der Waals surface area contributed by atoms with Crippen LogP contribution in [0.4, 0.5) is 4.39 Å². The molecule has 1 heterocycles. The lowest BCUT2D eigenvalue weighted by molar-refractivity contribution is -0.133. The zero-order chi connectivity index (χ0) is 16.7. The van der Waals surface area contributed by atoms with Crippen LogP contribution in [0.1, 0.15) is 11.7 Å². The fraction of sp³-hybridized carbons (Fsp3) is 0.400. The van der Waals surface area contributed by atoms with Gasteiger partial charge in [-0.05, 0) is 12.1 Å². The number of nitrogens with zero attached hydrogens (tertiary/aromatic N) is 3. The third-order valence-corrected chi connectivity index (χ3v) is 3.06. The molecular weight excluding hydrogens is 305 g/mol. The van der Waals surface area contributed by atoms with Gasteiger partial charge in [0, 0.05) is 27.1 Å². The first-order valence-electron chi connectivity index (χ1n) is 7.02. The molecule has 1 amide bonds. The SMILES string of the molecule is COCC(=O)N(C)CCc1noc(COc2ccccc2F)n1. The summed E-state index contributed by atoms with van der Waals surface area (Å²) in [6.07, 6.45) is 0.440. The number of amides is 1. The average Bonchev–Trinajstić information content (AvgIpc) is 3.00. The van der Waals surface area contributed by atoms with Crippen LogP contribution in [0.3, 0.4) is 0 Å². The summed E-state index contributed by atoms with van der Waals surface area (Å²) in [6, 6.07) is 6.07. The van der Waals surface area contributed by atoms with Gasteiger partial charge in [-0.1, -0.05) is 17.3 Å². The van der Waals surface area contributed by atoms with Crippen molar-refractivity contribution in [2.45, 2.75) is 13.0 Å². The largest absolute Gasteiger partial charge is 0.481 e. The highest BCUT2D eigenvalue weighted by molar-refractivity contribution is 5.77. The molecule has 124 valence electrons. The van der Waals surface area contributed by atoms with E-state index in [-0.39, 0.29) is 30.8 Å². The topological polar surface area (TPSA) is 77.7 Å². The van der Waals surface area contributed by atoms with Crippen LogP contribution in [0.25, 0.3) is 0 Å². The Balaban J connectivity index is 1.81. The zero-order valence-electron chi connectivity index (χ0n) is 13.0. The Morgan fingerprint density at radius 3 is 2.91 bits per heavy atom. The Kier molecular flexibility index (Phi) is 6.04. The van der Waals surface area contributed by atoms with Crippen LogP contribution >= 0.6 is 0 Å². The minimum absolute atomic E-state index is 0.0215. The quantitative estimate of drug-likeness (QED) is 0.731. The van der Waals surface area contributed by atoms with Crippen molar-refractivity contribution in [3.8, 4) is 5.75 Å². The van der Waals surface area contributed by atoms with Gasteiger partial charge in [-0.3, -0.25) is 4.79 Å². The number of methoxy groups -OCH3 is 1. The van der Waals surface area contributed by atoms with E-state index in [0.29, 0.717) is 18.8 Å². The molecule has 0 atom stereocenters. The summed E-state index contributed by atoms with van der Waals surface area (Å²) in [4.78, 5) is 17.2. The van der Waals surface area contributed by atoms with Crippen LogP contribution in [-0.4, -0.2) is 48.3 Å². The molecule has 2 aromatic rings. The monoisotopic (exact) mass is 323 g/mol. The van der Waals surface area contributed by atoms with E-state index in [4.69, 9.17) is 14.0 Å². The number of rotatable bonds is 8. The highest BCUT2D eigenvalue weighted by Gasteiger charge is 2.12. The van der Waals surface area contributed by atoms with Crippen molar-refractivity contribution in [3.63, 3.8) is 0 Å². The second-order valence-electron chi connectivity index (χ2n) is 4.82. The number of hydrogen-bond acceptors (Lipinski definition) is 6. The second kappa shape index (κ2) is 8.23. The van der Waals surface area contributed by atoms with Gasteiger partial charge < -0.3 is 18.9 Å². The van der Waals surface area contributed by atoms with Crippen molar-refractivity contribution in [1.29, 1.82) is 0 Å². The van der Waals surface area contributed by atoms with Crippen LogP contribution < -0.4 is 4.74 Å². The predicted octanol–water partition coefficient (Wildman–Crippen LogP) is 1.43. The molecule has 8 heteroatoms. The van der Waals surface area contributed by atoms with Gasteiger partial charge in [0.2, 0.25) is 5.91 Å². The van der Waals surface area contributed by atoms with Crippen molar-refractivity contribution in [2.24, 2.45) is 0 Å². The number of likely N-dealkylation sites (N-methyl/N-ethyl adjacent to an activating group) is 1. The Bertz CT molecular complexity index is 647. The Morgan fingerprint density at radius 2 is 2.17 bits per heavy atom. The Morgan fingerprint density at radius 1 is 1.39 bits per heavy atom. The number of ether oxygens (including phenoxy) is 2. The van der Waals surface area contributed by atoms with Crippen molar-refractivity contribution in [3.05, 3.63) is 41.8 Å². The van der Waals surface area contributed by atoms with E-state index in [9.17, 15) is 9.18 Å². The number of benzene rings is 1. The Hall–Kier alpha value is -2.48. The van der Waals surface area contributed by atoms with Gasteiger partial charge in [-0.2, -0.15) is 4.98 Å². The number of aromatic nitrogens is 2. The third kappa shape index (κ3) is 5.03. The van der Waals surface area contributed by atoms with Gasteiger partial charge in [0.15, 0.2) is 24.0 Å². The van der Waals surface area contributed by atoms with Crippen molar-refractivity contribution in [1.82, 2.24) is 15.0 Å². The van der Waals surface area contributed by atoms with Gasteiger partial charge >= 0.3 is 0 Å². The lowest BCUT2D eigenvalue weighted by Gasteiger charge is -2.15. The maximum Gasteiger partial charge on any atom is 0.264 e. The summed E-state index contributed by atoms with van der Waals surface area (Å²) < 4.78 is 28.5. The van der Waals surface area contributed by atoms with E-state index < -0.39 is 5.82 Å². The van der Waals surface area contributed by atoms with Crippen LogP contribution in [0.15, 0.2) is 28.8 Å². The molecule has 0 aliphatic heterocycles. The molecule has 0 aliphatic carbocycles. The fourth-order valence-electron chi connectivity index (χ4n) is 1.78. The molecule has 0 saturated carbocycles. The molecule has 2 rings (SSSR count). The summed E-state index contributed by atoms with van der Waals surface area (Å²) >= 11 is 0. The van der Waals surface area contributed by atoms with Gasteiger partial charge in [0.25, 0.3) is 5.89 Å². The summed E-state index contributed by atoms with van der Waals surface area (Å²) in [5, 5.41) is 3.80. The molecular formula is C15H18FN3O4. The fourth-order valence-corrected chi connectivity index (χ4v) is 1.78. The molecule has 0 N–H and O–H groups in total. The molecule has 0 saturated heterocycles. The summed E-state index contributed by atoms with van der Waals surface area (Å²) in [7, 11) is 3.14. The molecule has 0 fully saturated rings. The van der Waals surface area contributed by atoms with E-state index in [1.807, 2.05) is 0 Å². The molecule has 0 spiro atoms. The lowest BCUT2D eigenvalue weighted by atomic mass is 10.3. The third-order valence-electron chi connectivity index (χ3n) is 3.06. The molecule has 0 bridgehead atoms. The van der Waals surface area contributed by atoms with E-state index in [0.717, 1.165) is 0 Å². The lowest BCUT2D eigenvalue weighted by Crippen LogP contribution is -2.31. The van der Waals surface area contributed by atoms with Gasteiger partial charge in [-0.25, -0.2) is 4.39 Å². The smallest absolute Gasteiger partial charge is 0.264 e. The molecule has 7 nitrogen and oxygen atoms in total. The minimum atomic E-state index is -0.453. The first kappa shape index (κ1) is 16.9. The number of carbonyl (C=O) groups excluding carboxylic acids is 1. The standard InChI is InChI=1S/C15H18FN3O4/c1-19(15(20)10-21-2)8-7-13-17-14(23-18-13)9-22-12-6-4-3-5-11(12)16/h3-6H,7-10H2,1-2H3. The summed E-state index contributed by atoms with van der Waals surface area (Å²) in [5.74, 6) is 0.241. The normalized spacial score (nSPS) is 10.6. The van der Waals surface area contributed by atoms with E-state index in [1.54, 1.807) is 19.2 Å². The molecule has 1 aromatic heterocycles. The van der Waals surface area contributed by atoms with Crippen LogP contribution in [0.2, 0.25) is 0 Å².